The maximum absolute atomic E-state index is 9.84. The Morgan fingerprint density at radius 3 is 2.56 bits per heavy atom. The van der Waals surface area contributed by atoms with Crippen LogP contribution in [0.2, 0.25) is 0 Å². The monoisotopic (exact) mass is 255 g/mol. The normalized spacial score (nSPS) is 13.3. The molecule has 104 valence electrons. The summed E-state index contributed by atoms with van der Waals surface area (Å²) >= 11 is 0. The topological polar surface area (TPSA) is 61.4 Å². The van der Waals surface area contributed by atoms with Gasteiger partial charge in [-0.25, -0.2) is 0 Å². The fourth-order valence-electron chi connectivity index (χ4n) is 1.58. The first-order valence-electron chi connectivity index (χ1n) is 6.46. The average molecular weight is 255 g/mol. The number of hydrogen-bond acceptors (Lipinski definition) is 4. The van der Waals surface area contributed by atoms with Gasteiger partial charge in [-0.1, -0.05) is 13.8 Å². The van der Waals surface area contributed by atoms with E-state index in [2.05, 4.69) is 24.0 Å². The molecule has 1 rings (SSSR count). The molecule has 2 N–H and O–H groups in total. The lowest BCUT2D eigenvalue weighted by Crippen LogP contribution is -2.33. The molecule has 0 aliphatic rings. The third kappa shape index (κ3) is 4.66. The van der Waals surface area contributed by atoms with Crippen LogP contribution in [0.4, 0.5) is 5.82 Å². The predicted octanol–water partition coefficient (Wildman–Crippen LogP) is 1.76. The molecule has 0 aromatic carbocycles. The number of nitrogens with zero attached hydrogens (tertiary/aromatic N) is 2. The quantitative estimate of drug-likeness (QED) is 0.779. The van der Waals surface area contributed by atoms with Gasteiger partial charge in [0.15, 0.2) is 0 Å². The van der Waals surface area contributed by atoms with E-state index in [1.807, 2.05) is 31.9 Å². The van der Waals surface area contributed by atoms with E-state index < -0.39 is 6.10 Å². The summed E-state index contributed by atoms with van der Waals surface area (Å²) in [6.07, 6.45) is -0.362. The van der Waals surface area contributed by atoms with Gasteiger partial charge in [-0.05, 0) is 19.8 Å². The van der Waals surface area contributed by atoms with Crippen molar-refractivity contribution in [2.24, 2.45) is 0 Å². The molecule has 0 aliphatic carbocycles. The average Bonchev–Trinajstić information content (AvgIpc) is 2.75. The second-order valence-corrected chi connectivity index (χ2v) is 5.25. The van der Waals surface area contributed by atoms with E-state index >= 15 is 0 Å². The molecule has 0 fully saturated rings. The Morgan fingerprint density at radius 2 is 2.06 bits per heavy atom. The van der Waals surface area contributed by atoms with E-state index in [-0.39, 0.29) is 6.10 Å². The van der Waals surface area contributed by atoms with Crippen molar-refractivity contribution in [3.8, 4) is 0 Å². The Labute approximate surface area is 109 Å². The number of aromatic nitrogens is 2. The summed E-state index contributed by atoms with van der Waals surface area (Å²) in [5.74, 6) is 1.27. The maximum atomic E-state index is 9.84. The Kier molecular flexibility index (Phi) is 5.62. The molecule has 1 aromatic heterocycles. The van der Waals surface area contributed by atoms with Gasteiger partial charge in [0.1, 0.15) is 5.82 Å². The lowest BCUT2D eigenvalue weighted by atomic mass is 10.1. The third-order valence-corrected chi connectivity index (χ3v) is 2.70. The SMILES string of the molecule is CC(C)OCC(O)CN(C)c1cc(C(C)C)[nH]n1. The lowest BCUT2D eigenvalue weighted by Gasteiger charge is -2.21. The van der Waals surface area contributed by atoms with Crippen LogP contribution in [0.5, 0.6) is 0 Å². The molecule has 0 saturated heterocycles. The van der Waals surface area contributed by atoms with Gasteiger partial charge in [-0.3, -0.25) is 5.10 Å². The first kappa shape index (κ1) is 15.0. The van der Waals surface area contributed by atoms with Gasteiger partial charge in [-0.2, -0.15) is 5.10 Å². The number of rotatable bonds is 7. The molecule has 1 aromatic rings. The van der Waals surface area contributed by atoms with Crippen LogP contribution in [-0.2, 0) is 4.74 Å². The fraction of sp³-hybridized carbons (Fsp3) is 0.769. The number of hydrogen-bond donors (Lipinski definition) is 2. The Morgan fingerprint density at radius 1 is 1.39 bits per heavy atom. The van der Waals surface area contributed by atoms with Crippen LogP contribution >= 0.6 is 0 Å². The first-order chi connectivity index (χ1) is 8.40. The van der Waals surface area contributed by atoms with Gasteiger partial charge < -0.3 is 14.7 Å². The largest absolute Gasteiger partial charge is 0.389 e. The molecule has 0 bridgehead atoms. The molecule has 0 radical (unpaired) electrons. The fourth-order valence-corrected chi connectivity index (χ4v) is 1.58. The number of nitrogens with one attached hydrogen (secondary N) is 1. The number of H-pyrrole nitrogens is 1. The van der Waals surface area contributed by atoms with Gasteiger partial charge in [0.05, 0.1) is 18.8 Å². The molecule has 1 heterocycles. The van der Waals surface area contributed by atoms with Gasteiger partial charge in [0.25, 0.3) is 0 Å². The number of likely N-dealkylation sites (N-methyl/N-ethyl adjacent to an activating group) is 1. The van der Waals surface area contributed by atoms with Crippen LogP contribution in [-0.4, -0.2) is 47.7 Å². The van der Waals surface area contributed by atoms with Crippen LogP contribution in [0.15, 0.2) is 6.07 Å². The van der Waals surface area contributed by atoms with E-state index in [0.29, 0.717) is 19.1 Å². The van der Waals surface area contributed by atoms with E-state index in [0.717, 1.165) is 11.5 Å². The second-order valence-electron chi connectivity index (χ2n) is 5.25. The number of ether oxygens (including phenoxy) is 1. The molecule has 5 heteroatoms. The highest BCUT2D eigenvalue weighted by Gasteiger charge is 2.13. The summed E-state index contributed by atoms with van der Waals surface area (Å²) in [7, 11) is 1.92. The summed E-state index contributed by atoms with van der Waals surface area (Å²) in [5, 5.41) is 17.1. The van der Waals surface area contributed by atoms with Crippen LogP contribution in [0.1, 0.15) is 39.3 Å². The molecule has 0 spiro atoms. The minimum absolute atomic E-state index is 0.142. The number of aromatic amines is 1. The van der Waals surface area contributed by atoms with Crippen LogP contribution in [0.25, 0.3) is 0 Å². The Hall–Kier alpha value is -1.07. The maximum Gasteiger partial charge on any atom is 0.150 e. The van der Waals surface area contributed by atoms with Gasteiger partial charge in [0.2, 0.25) is 0 Å². The molecule has 5 nitrogen and oxygen atoms in total. The summed E-state index contributed by atoms with van der Waals surface area (Å²) < 4.78 is 5.38. The highest BCUT2D eigenvalue weighted by molar-refractivity contribution is 5.39. The van der Waals surface area contributed by atoms with Crippen molar-refractivity contribution in [3.63, 3.8) is 0 Å². The molecule has 1 atom stereocenters. The van der Waals surface area contributed by atoms with Crippen molar-refractivity contribution in [1.82, 2.24) is 10.2 Å². The minimum atomic E-state index is -0.503. The Balaban J connectivity index is 2.45. The van der Waals surface area contributed by atoms with E-state index in [9.17, 15) is 5.11 Å². The van der Waals surface area contributed by atoms with Crippen molar-refractivity contribution in [2.45, 2.75) is 45.8 Å². The van der Waals surface area contributed by atoms with E-state index in [4.69, 9.17) is 4.74 Å². The van der Waals surface area contributed by atoms with Gasteiger partial charge >= 0.3 is 0 Å². The zero-order chi connectivity index (χ0) is 13.7. The molecule has 0 aliphatic heterocycles. The van der Waals surface area contributed by atoms with E-state index in [1.54, 1.807) is 0 Å². The van der Waals surface area contributed by atoms with Crippen molar-refractivity contribution in [3.05, 3.63) is 11.8 Å². The van der Waals surface area contributed by atoms with Crippen molar-refractivity contribution >= 4 is 5.82 Å². The van der Waals surface area contributed by atoms with Crippen molar-refractivity contribution < 1.29 is 9.84 Å². The number of anilines is 1. The summed E-state index contributed by atoms with van der Waals surface area (Å²) in [4.78, 5) is 1.93. The zero-order valence-electron chi connectivity index (χ0n) is 12.0. The highest BCUT2D eigenvalue weighted by Crippen LogP contribution is 2.17. The number of aliphatic hydroxyl groups excluding tert-OH is 1. The minimum Gasteiger partial charge on any atom is -0.389 e. The smallest absolute Gasteiger partial charge is 0.150 e. The van der Waals surface area contributed by atoms with Gasteiger partial charge in [0, 0.05) is 25.4 Å². The standard InChI is InChI=1S/C13H25N3O2/c1-9(2)12-6-13(15-14-12)16(5)7-11(17)8-18-10(3)4/h6,9-11,17H,7-8H2,1-5H3,(H,14,15). The van der Waals surface area contributed by atoms with Crippen molar-refractivity contribution in [2.75, 3.05) is 25.1 Å². The molecule has 0 amide bonds. The first-order valence-corrected chi connectivity index (χ1v) is 6.46. The summed E-state index contributed by atoms with van der Waals surface area (Å²) in [6.45, 7) is 9.00. The Bertz CT molecular complexity index is 350. The van der Waals surface area contributed by atoms with Gasteiger partial charge in [-0.15, -0.1) is 0 Å². The van der Waals surface area contributed by atoms with Crippen molar-refractivity contribution in [1.29, 1.82) is 0 Å². The lowest BCUT2D eigenvalue weighted by molar-refractivity contribution is 0.00922. The highest BCUT2D eigenvalue weighted by atomic mass is 16.5. The third-order valence-electron chi connectivity index (χ3n) is 2.70. The molecular weight excluding hydrogens is 230 g/mol. The predicted molar refractivity (Wildman–Crippen MR) is 73.0 cm³/mol. The summed E-state index contributed by atoms with van der Waals surface area (Å²) in [6, 6.07) is 2.01. The zero-order valence-corrected chi connectivity index (χ0v) is 12.0. The molecule has 0 saturated carbocycles. The number of aliphatic hydroxyl groups is 1. The van der Waals surface area contributed by atoms with Crippen LogP contribution in [0, 0.1) is 0 Å². The van der Waals surface area contributed by atoms with Crippen LogP contribution < -0.4 is 4.90 Å². The molecular formula is C13H25N3O2. The summed E-state index contributed by atoms with van der Waals surface area (Å²) in [5.41, 5.74) is 1.10. The molecule has 1 unspecified atom stereocenters. The molecule has 18 heavy (non-hydrogen) atoms. The van der Waals surface area contributed by atoms with Crippen LogP contribution in [0.3, 0.4) is 0 Å². The van der Waals surface area contributed by atoms with E-state index in [1.165, 1.54) is 0 Å². The second kappa shape index (κ2) is 6.75.